The Balaban J connectivity index is 5.23. The molecule has 0 aliphatic rings. The molecule has 1 atom stereocenters. The second-order valence-electron chi connectivity index (χ2n) is 3.86. The Morgan fingerprint density at radius 3 is 1.53 bits per heavy atom. The van der Waals surface area contributed by atoms with Crippen molar-refractivity contribution in [1.29, 1.82) is 0 Å². The van der Waals surface area contributed by atoms with Crippen LogP contribution in [-0.2, 0) is 4.84 Å². The number of aliphatic hydroxyl groups excluding tert-OH is 1. The van der Waals surface area contributed by atoms with Gasteiger partial charge >= 0.3 is 0 Å². The molecular weight excluding hydrogens is 215 g/mol. The van der Waals surface area contributed by atoms with Gasteiger partial charge in [0.2, 0.25) is 0 Å². The summed E-state index contributed by atoms with van der Waals surface area (Å²) in [7, 11) is 9.66. The van der Waals surface area contributed by atoms with Gasteiger partial charge in [-0.2, -0.15) is 0 Å². The van der Waals surface area contributed by atoms with Gasteiger partial charge in [-0.3, -0.25) is 14.0 Å². The van der Waals surface area contributed by atoms with E-state index in [1.165, 1.54) is 0 Å². The fraction of sp³-hybridized carbons (Fsp3) is 1.00. The summed E-state index contributed by atoms with van der Waals surface area (Å²) >= 11 is 0. The summed E-state index contributed by atoms with van der Waals surface area (Å²) < 4.78 is 6.03. The third-order valence-electron chi connectivity index (χ3n) is 1.92. The molecule has 0 aromatic heterocycles. The number of rotatable bonds is 5. The Hall–Kier alpha value is 0.0300. The van der Waals surface area contributed by atoms with E-state index in [9.17, 15) is 0 Å². The van der Waals surface area contributed by atoms with Crippen molar-refractivity contribution >= 4 is 7.51 Å². The van der Waals surface area contributed by atoms with Crippen LogP contribution >= 0.6 is 7.51 Å². The van der Waals surface area contributed by atoms with Gasteiger partial charge in [-0.15, -0.1) is 4.91 Å². The average molecular weight is 238 g/mol. The van der Waals surface area contributed by atoms with Gasteiger partial charge in [0.25, 0.3) is 0 Å². The highest BCUT2D eigenvalue weighted by Crippen LogP contribution is 2.54. The van der Waals surface area contributed by atoms with Crippen molar-refractivity contribution in [2.24, 2.45) is 4.91 Å². The van der Waals surface area contributed by atoms with E-state index in [-0.39, 0.29) is 0 Å². The largest absolute Gasteiger partial charge is 0.366 e. The maximum atomic E-state index is 9.11. The van der Waals surface area contributed by atoms with Crippen LogP contribution in [0.3, 0.4) is 0 Å². The van der Waals surface area contributed by atoms with E-state index >= 15 is 0 Å². The first-order chi connectivity index (χ1) is 6.75. The van der Waals surface area contributed by atoms with Gasteiger partial charge in [-0.1, -0.05) is 0 Å². The predicted molar refractivity (Wildman–Crippen MR) is 63.2 cm³/mol. The molecule has 0 saturated carbocycles. The van der Waals surface area contributed by atoms with E-state index in [0.29, 0.717) is 0 Å². The second-order valence-corrected chi connectivity index (χ2v) is 7.50. The molecule has 15 heavy (non-hydrogen) atoms. The van der Waals surface area contributed by atoms with Gasteiger partial charge in [0, 0.05) is 0 Å². The first-order valence-corrected chi connectivity index (χ1v) is 6.34. The minimum Gasteiger partial charge on any atom is -0.366 e. The minimum atomic E-state index is -2.02. The summed E-state index contributed by atoms with van der Waals surface area (Å²) in [5.41, 5.74) is 0. The standard InChI is InChI=1S/C8H23N4O2P/c1-8(13)14-9-15(10(2)3,11(4)5)12(6)7/h8,13H,1-7H3. The van der Waals surface area contributed by atoms with Crippen LogP contribution in [0.5, 0.6) is 0 Å². The van der Waals surface area contributed by atoms with Crippen molar-refractivity contribution in [2.75, 3.05) is 42.3 Å². The normalized spacial score (nSPS) is 15.1. The molecule has 0 aromatic rings. The fourth-order valence-electron chi connectivity index (χ4n) is 1.42. The smallest absolute Gasteiger partial charge is 0.197 e. The number of aliphatic hydroxyl groups is 1. The number of nitrogens with zero attached hydrogens (tertiary/aromatic N) is 4. The molecule has 0 heterocycles. The average Bonchev–Trinajstić information content (AvgIpc) is 2.02. The Morgan fingerprint density at radius 2 is 1.33 bits per heavy atom. The zero-order chi connectivity index (χ0) is 12.2. The molecule has 0 rings (SSSR count). The van der Waals surface area contributed by atoms with Crippen LogP contribution in [0.2, 0.25) is 0 Å². The van der Waals surface area contributed by atoms with Crippen LogP contribution in [0, 0.1) is 0 Å². The number of hydrogen-bond acceptors (Lipinski definition) is 3. The molecule has 0 aromatic carbocycles. The summed E-state index contributed by atoms with van der Waals surface area (Å²) in [6.07, 6.45) is -0.885. The van der Waals surface area contributed by atoms with Gasteiger partial charge < -0.3 is 5.11 Å². The van der Waals surface area contributed by atoms with E-state index in [2.05, 4.69) is 4.91 Å². The van der Waals surface area contributed by atoms with Gasteiger partial charge in [-0.25, -0.2) is 4.84 Å². The monoisotopic (exact) mass is 238 g/mol. The lowest BCUT2D eigenvalue weighted by atomic mass is 10.8. The molecule has 6 nitrogen and oxygen atoms in total. The molecule has 1 N–H and O–H groups in total. The summed E-state index contributed by atoms with van der Waals surface area (Å²) in [6, 6.07) is 0. The quantitative estimate of drug-likeness (QED) is 0.438. The molecule has 0 amide bonds. The Morgan fingerprint density at radius 1 is 1.00 bits per heavy atom. The molecule has 0 aliphatic carbocycles. The van der Waals surface area contributed by atoms with Crippen molar-refractivity contribution in [3.05, 3.63) is 0 Å². The zero-order valence-corrected chi connectivity index (χ0v) is 11.6. The van der Waals surface area contributed by atoms with Crippen molar-refractivity contribution in [2.45, 2.75) is 13.2 Å². The number of hydrogen-bond donors (Lipinski definition) is 1. The molecule has 7 heteroatoms. The van der Waals surface area contributed by atoms with Gasteiger partial charge in [-0.05, 0) is 49.2 Å². The Kier molecular flexibility index (Phi) is 5.95. The molecule has 0 bridgehead atoms. The summed E-state index contributed by atoms with van der Waals surface area (Å²) in [5.74, 6) is 0. The molecule has 0 saturated heterocycles. The van der Waals surface area contributed by atoms with Crippen LogP contribution in [0.1, 0.15) is 6.92 Å². The maximum absolute atomic E-state index is 9.11. The topological polar surface area (TPSA) is 51.5 Å². The van der Waals surface area contributed by atoms with Crippen LogP contribution < -0.4 is 0 Å². The summed E-state index contributed by atoms with van der Waals surface area (Å²) in [4.78, 5) is 9.19. The van der Waals surface area contributed by atoms with Gasteiger partial charge in [0.05, 0.1) is 0 Å². The maximum Gasteiger partial charge on any atom is 0.197 e. The molecular formula is C8H23N4O2P. The van der Waals surface area contributed by atoms with Crippen molar-refractivity contribution < 1.29 is 9.94 Å². The van der Waals surface area contributed by atoms with E-state index in [1.807, 2.05) is 56.3 Å². The minimum absolute atomic E-state index is 0.885. The lowest BCUT2D eigenvalue weighted by Gasteiger charge is -2.39. The highest BCUT2D eigenvalue weighted by Gasteiger charge is 2.29. The lowest BCUT2D eigenvalue weighted by Crippen LogP contribution is -2.31. The molecule has 92 valence electrons. The van der Waals surface area contributed by atoms with E-state index in [0.717, 1.165) is 0 Å². The van der Waals surface area contributed by atoms with E-state index in [4.69, 9.17) is 9.94 Å². The van der Waals surface area contributed by atoms with E-state index < -0.39 is 13.8 Å². The summed E-state index contributed by atoms with van der Waals surface area (Å²) in [5, 5.41) is 9.11. The lowest BCUT2D eigenvalue weighted by molar-refractivity contribution is -0.0834. The van der Waals surface area contributed by atoms with Gasteiger partial charge in [0.1, 0.15) is 0 Å². The van der Waals surface area contributed by atoms with Crippen molar-refractivity contribution in [1.82, 2.24) is 14.0 Å². The summed E-state index contributed by atoms with van der Waals surface area (Å²) in [6.45, 7) is 1.54. The molecule has 0 aliphatic heterocycles. The van der Waals surface area contributed by atoms with E-state index in [1.54, 1.807) is 6.92 Å². The van der Waals surface area contributed by atoms with Crippen LogP contribution in [0.25, 0.3) is 0 Å². The first-order valence-electron chi connectivity index (χ1n) is 4.74. The molecule has 0 fully saturated rings. The molecule has 1 unspecified atom stereocenters. The first kappa shape index (κ1) is 15.0. The van der Waals surface area contributed by atoms with Gasteiger partial charge in [0.15, 0.2) is 13.8 Å². The SMILES string of the molecule is CC(O)ON=P(N(C)C)(N(C)C)N(C)C. The highest BCUT2D eigenvalue weighted by atomic mass is 31.2. The molecule has 0 spiro atoms. The van der Waals surface area contributed by atoms with Crippen LogP contribution in [0.4, 0.5) is 0 Å². The third-order valence-corrected chi connectivity index (χ3v) is 5.45. The van der Waals surface area contributed by atoms with Crippen LogP contribution in [-0.4, -0.2) is 67.7 Å². The second kappa shape index (κ2) is 5.94. The predicted octanol–water partition coefficient (Wildman–Crippen LogP) is 0.887. The van der Waals surface area contributed by atoms with Crippen LogP contribution in [0.15, 0.2) is 4.91 Å². The Bertz CT molecular complexity index is 212. The molecule has 0 radical (unpaired) electrons. The third kappa shape index (κ3) is 3.52. The fourth-order valence-corrected chi connectivity index (χ4v) is 4.27. The zero-order valence-electron chi connectivity index (χ0n) is 10.7. The van der Waals surface area contributed by atoms with Crippen molar-refractivity contribution in [3.63, 3.8) is 0 Å². The van der Waals surface area contributed by atoms with Crippen molar-refractivity contribution in [3.8, 4) is 0 Å². The highest BCUT2D eigenvalue weighted by molar-refractivity contribution is 7.58. The Labute approximate surface area is 92.6 Å².